The van der Waals surface area contributed by atoms with Gasteiger partial charge in [0.1, 0.15) is 0 Å². The number of aromatic nitrogens is 2. The summed E-state index contributed by atoms with van der Waals surface area (Å²) in [6, 6.07) is 0. The van der Waals surface area contributed by atoms with E-state index in [1.54, 1.807) is 17.1 Å². The Hall–Kier alpha value is -1.36. The molecule has 1 atom stereocenters. The van der Waals surface area contributed by atoms with Gasteiger partial charge in [-0.15, -0.1) is 0 Å². The number of carbonyl (C=O) groups excluding carboxylic acids is 1. The van der Waals surface area contributed by atoms with Crippen LogP contribution in [-0.2, 0) is 11.8 Å². The van der Waals surface area contributed by atoms with Gasteiger partial charge in [-0.05, 0) is 30.7 Å². The largest absolute Gasteiger partial charge is 0.330 e. The topological polar surface area (TPSA) is 72.9 Å². The average Bonchev–Trinajstić information content (AvgIpc) is 2.68. The lowest BCUT2D eigenvalue weighted by molar-refractivity contribution is -0.116. The van der Waals surface area contributed by atoms with Crippen LogP contribution < -0.4 is 11.1 Å². The van der Waals surface area contributed by atoms with E-state index in [1.807, 2.05) is 7.05 Å². The lowest BCUT2D eigenvalue weighted by Gasteiger charge is -2.30. The Balaban J connectivity index is 2.43. The molecule has 1 aromatic rings. The van der Waals surface area contributed by atoms with Crippen LogP contribution in [0.25, 0.3) is 0 Å². The minimum atomic E-state index is 0.0410. The van der Waals surface area contributed by atoms with Gasteiger partial charge in [0.15, 0.2) is 0 Å². The number of hydrogen-bond acceptors (Lipinski definition) is 3. The first-order chi connectivity index (χ1) is 8.82. The zero-order chi connectivity index (χ0) is 14.5. The number of anilines is 1. The molecule has 0 radical (unpaired) electrons. The van der Waals surface area contributed by atoms with Gasteiger partial charge in [0.25, 0.3) is 0 Å². The van der Waals surface area contributed by atoms with Crippen LogP contribution in [0.2, 0.25) is 0 Å². The monoisotopic (exact) mass is 266 g/mol. The minimum Gasteiger partial charge on any atom is -0.330 e. The summed E-state index contributed by atoms with van der Waals surface area (Å²) in [7, 11) is 1.83. The number of nitrogens with one attached hydrogen (secondary N) is 1. The van der Waals surface area contributed by atoms with Crippen LogP contribution in [0.15, 0.2) is 12.4 Å². The molecule has 1 aromatic heterocycles. The van der Waals surface area contributed by atoms with Gasteiger partial charge >= 0.3 is 0 Å². The second-order valence-electron chi connectivity index (χ2n) is 6.13. The summed E-state index contributed by atoms with van der Waals surface area (Å²) in [6.07, 6.45) is 5.80. The molecule has 0 aliphatic carbocycles. The lowest BCUT2D eigenvalue weighted by Crippen LogP contribution is -2.25. The second kappa shape index (κ2) is 6.70. The molecule has 0 fully saturated rings. The standard InChI is InChI=1S/C14H26N4O/c1-14(2,3)11(7-8-15)5-6-13(19)17-12-9-16-18(4)10-12/h9-11H,5-8,15H2,1-4H3,(H,17,19). The van der Waals surface area contributed by atoms with Gasteiger partial charge in [0.2, 0.25) is 5.91 Å². The molecule has 0 spiro atoms. The van der Waals surface area contributed by atoms with Crippen molar-refractivity contribution in [3.05, 3.63) is 12.4 Å². The molecule has 1 unspecified atom stereocenters. The molecule has 0 aliphatic heterocycles. The first kappa shape index (κ1) is 15.7. The summed E-state index contributed by atoms with van der Waals surface area (Å²) in [5, 5.41) is 6.88. The molecule has 0 aromatic carbocycles. The third-order valence-corrected chi connectivity index (χ3v) is 3.45. The van der Waals surface area contributed by atoms with Gasteiger partial charge in [-0.2, -0.15) is 5.10 Å². The molecule has 5 heteroatoms. The number of nitrogens with zero attached hydrogens (tertiary/aromatic N) is 2. The quantitative estimate of drug-likeness (QED) is 0.828. The van der Waals surface area contributed by atoms with Gasteiger partial charge in [-0.25, -0.2) is 0 Å². The molecular weight excluding hydrogens is 240 g/mol. The predicted octanol–water partition coefficient (Wildman–Crippen LogP) is 2.15. The number of carbonyl (C=O) groups is 1. The van der Waals surface area contributed by atoms with Crippen LogP contribution in [0.3, 0.4) is 0 Å². The number of nitrogens with two attached hydrogens (primary N) is 1. The summed E-state index contributed by atoms with van der Waals surface area (Å²) in [4.78, 5) is 11.9. The molecule has 0 saturated heterocycles. The Kier molecular flexibility index (Phi) is 5.54. The fourth-order valence-electron chi connectivity index (χ4n) is 2.23. The van der Waals surface area contributed by atoms with Gasteiger partial charge in [0, 0.05) is 19.7 Å². The van der Waals surface area contributed by atoms with Crippen LogP contribution >= 0.6 is 0 Å². The minimum absolute atomic E-state index is 0.0410. The van der Waals surface area contributed by atoms with Gasteiger partial charge in [-0.3, -0.25) is 9.48 Å². The van der Waals surface area contributed by atoms with Crippen LogP contribution in [0, 0.1) is 11.3 Å². The maximum Gasteiger partial charge on any atom is 0.224 e. The van der Waals surface area contributed by atoms with E-state index in [2.05, 4.69) is 31.2 Å². The number of amides is 1. The van der Waals surface area contributed by atoms with Gasteiger partial charge in [0.05, 0.1) is 11.9 Å². The Morgan fingerprint density at radius 3 is 2.63 bits per heavy atom. The maximum absolute atomic E-state index is 11.9. The van der Waals surface area contributed by atoms with Crippen molar-refractivity contribution in [2.24, 2.45) is 24.1 Å². The Labute approximate surface area is 115 Å². The van der Waals surface area contributed by atoms with E-state index in [0.717, 1.165) is 18.5 Å². The summed E-state index contributed by atoms with van der Waals surface area (Å²) in [6.45, 7) is 7.28. The number of rotatable bonds is 6. The molecular formula is C14H26N4O. The molecule has 1 rings (SSSR count). The molecule has 19 heavy (non-hydrogen) atoms. The van der Waals surface area contributed by atoms with E-state index in [1.165, 1.54) is 0 Å². The fraction of sp³-hybridized carbons (Fsp3) is 0.714. The molecule has 0 bridgehead atoms. The van der Waals surface area contributed by atoms with E-state index >= 15 is 0 Å². The molecule has 1 amide bonds. The van der Waals surface area contributed by atoms with Crippen molar-refractivity contribution in [3.8, 4) is 0 Å². The Morgan fingerprint density at radius 2 is 2.16 bits per heavy atom. The highest BCUT2D eigenvalue weighted by atomic mass is 16.1. The highest BCUT2D eigenvalue weighted by Crippen LogP contribution is 2.32. The normalized spacial score (nSPS) is 13.3. The summed E-state index contributed by atoms with van der Waals surface area (Å²) in [5.41, 5.74) is 6.58. The van der Waals surface area contributed by atoms with Crippen molar-refractivity contribution in [2.45, 2.75) is 40.0 Å². The average molecular weight is 266 g/mol. The van der Waals surface area contributed by atoms with E-state index in [0.29, 0.717) is 18.9 Å². The zero-order valence-corrected chi connectivity index (χ0v) is 12.4. The van der Waals surface area contributed by atoms with Gasteiger partial charge < -0.3 is 11.1 Å². The summed E-state index contributed by atoms with van der Waals surface area (Å²) >= 11 is 0. The van der Waals surface area contributed by atoms with E-state index in [9.17, 15) is 4.79 Å². The Morgan fingerprint density at radius 1 is 1.47 bits per heavy atom. The van der Waals surface area contributed by atoms with Crippen molar-refractivity contribution < 1.29 is 4.79 Å². The first-order valence-electron chi connectivity index (χ1n) is 6.81. The zero-order valence-electron chi connectivity index (χ0n) is 12.4. The van der Waals surface area contributed by atoms with Crippen molar-refractivity contribution in [1.29, 1.82) is 0 Å². The van der Waals surface area contributed by atoms with Crippen LogP contribution in [0.5, 0.6) is 0 Å². The smallest absolute Gasteiger partial charge is 0.224 e. The highest BCUT2D eigenvalue weighted by Gasteiger charge is 2.24. The lowest BCUT2D eigenvalue weighted by atomic mass is 9.76. The van der Waals surface area contributed by atoms with Crippen molar-refractivity contribution in [2.75, 3.05) is 11.9 Å². The molecule has 108 valence electrons. The second-order valence-corrected chi connectivity index (χ2v) is 6.13. The van der Waals surface area contributed by atoms with E-state index in [-0.39, 0.29) is 11.3 Å². The SMILES string of the molecule is Cn1cc(NC(=O)CCC(CCN)C(C)(C)C)cn1. The number of hydrogen-bond donors (Lipinski definition) is 2. The van der Waals surface area contributed by atoms with Crippen molar-refractivity contribution >= 4 is 11.6 Å². The first-order valence-corrected chi connectivity index (χ1v) is 6.81. The third-order valence-electron chi connectivity index (χ3n) is 3.45. The fourth-order valence-corrected chi connectivity index (χ4v) is 2.23. The van der Waals surface area contributed by atoms with Crippen LogP contribution in [-0.4, -0.2) is 22.2 Å². The summed E-state index contributed by atoms with van der Waals surface area (Å²) < 4.78 is 1.67. The summed E-state index contributed by atoms with van der Waals surface area (Å²) in [5.74, 6) is 0.511. The van der Waals surface area contributed by atoms with E-state index < -0.39 is 0 Å². The molecule has 0 aliphatic rings. The molecule has 1 heterocycles. The van der Waals surface area contributed by atoms with Crippen molar-refractivity contribution in [3.63, 3.8) is 0 Å². The molecule has 3 N–H and O–H groups in total. The van der Waals surface area contributed by atoms with Gasteiger partial charge in [-0.1, -0.05) is 20.8 Å². The maximum atomic E-state index is 11.9. The highest BCUT2D eigenvalue weighted by molar-refractivity contribution is 5.90. The van der Waals surface area contributed by atoms with E-state index in [4.69, 9.17) is 5.73 Å². The predicted molar refractivity (Wildman–Crippen MR) is 77.7 cm³/mol. The Bertz CT molecular complexity index is 406. The number of aryl methyl sites for hydroxylation is 1. The molecule has 5 nitrogen and oxygen atoms in total. The van der Waals surface area contributed by atoms with Crippen LogP contribution in [0.1, 0.15) is 40.0 Å². The molecule has 0 saturated carbocycles. The van der Waals surface area contributed by atoms with Crippen LogP contribution in [0.4, 0.5) is 5.69 Å². The third kappa shape index (κ3) is 5.42. The van der Waals surface area contributed by atoms with Crippen molar-refractivity contribution in [1.82, 2.24) is 9.78 Å².